The molecule has 8 heteroatoms. The summed E-state index contributed by atoms with van der Waals surface area (Å²) < 4.78 is 18.4. The van der Waals surface area contributed by atoms with Crippen LogP contribution in [0.25, 0.3) is 0 Å². The molecule has 0 saturated carbocycles. The summed E-state index contributed by atoms with van der Waals surface area (Å²) >= 11 is 0. The van der Waals surface area contributed by atoms with E-state index >= 15 is 0 Å². The standard InChI is InChI=1S/C13H9FN2O5/c14-9-3-4-10(16(19)20)8(6-9)7-21-11-2-1-5-15-12(11)13(17)18/h1-6H,7H2,(H,17,18). The minimum absolute atomic E-state index is 0.000178. The van der Waals surface area contributed by atoms with Gasteiger partial charge in [-0.3, -0.25) is 10.1 Å². The minimum Gasteiger partial charge on any atom is -0.486 e. The van der Waals surface area contributed by atoms with Crippen molar-refractivity contribution < 1.29 is 24.0 Å². The number of aromatic carboxylic acids is 1. The van der Waals surface area contributed by atoms with Crippen LogP contribution in [0.1, 0.15) is 16.1 Å². The van der Waals surface area contributed by atoms with Gasteiger partial charge in [-0.05, 0) is 24.3 Å². The van der Waals surface area contributed by atoms with Gasteiger partial charge in [0, 0.05) is 12.3 Å². The highest BCUT2D eigenvalue weighted by atomic mass is 19.1. The molecule has 21 heavy (non-hydrogen) atoms. The molecule has 1 N–H and O–H groups in total. The number of rotatable bonds is 5. The van der Waals surface area contributed by atoms with E-state index in [1.165, 1.54) is 18.3 Å². The van der Waals surface area contributed by atoms with Crippen molar-refractivity contribution in [3.8, 4) is 5.75 Å². The quantitative estimate of drug-likeness (QED) is 0.670. The molecule has 1 aromatic carbocycles. The molecular formula is C13H9FN2O5. The summed E-state index contributed by atoms with van der Waals surface area (Å²) in [6, 6.07) is 5.78. The molecule has 108 valence electrons. The lowest BCUT2D eigenvalue weighted by Gasteiger charge is -2.08. The first kappa shape index (κ1) is 14.4. The largest absolute Gasteiger partial charge is 0.486 e. The fraction of sp³-hybridized carbons (Fsp3) is 0.0769. The SMILES string of the molecule is O=C(O)c1ncccc1OCc1cc(F)ccc1[N+](=O)[O-]. The Morgan fingerprint density at radius 2 is 2.19 bits per heavy atom. The Kier molecular flexibility index (Phi) is 4.07. The van der Waals surface area contributed by atoms with Gasteiger partial charge in [0.2, 0.25) is 0 Å². The van der Waals surface area contributed by atoms with E-state index in [0.29, 0.717) is 0 Å². The number of benzene rings is 1. The number of nitro groups is 1. The van der Waals surface area contributed by atoms with Gasteiger partial charge >= 0.3 is 5.97 Å². The van der Waals surface area contributed by atoms with E-state index in [1.807, 2.05) is 0 Å². The molecule has 0 spiro atoms. The van der Waals surface area contributed by atoms with Crippen LogP contribution in [0.5, 0.6) is 5.75 Å². The molecule has 1 aromatic heterocycles. The van der Waals surface area contributed by atoms with Crippen LogP contribution in [-0.4, -0.2) is 21.0 Å². The summed E-state index contributed by atoms with van der Waals surface area (Å²) in [6.45, 7) is -0.347. The van der Waals surface area contributed by atoms with Crippen molar-refractivity contribution in [2.24, 2.45) is 0 Å². The van der Waals surface area contributed by atoms with Gasteiger partial charge in [-0.2, -0.15) is 0 Å². The zero-order valence-electron chi connectivity index (χ0n) is 10.5. The lowest BCUT2D eigenvalue weighted by Crippen LogP contribution is -2.07. The molecule has 1 heterocycles. The van der Waals surface area contributed by atoms with Gasteiger partial charge in [0.25, 0.3) is 5.69 Å². The van der Waals surface area contributed by atoms with E-state index in [1.54, 1.807) is 0 Å². The summed E-state index contributed by atoms with van der Waals surface area (Å²) in [7, 11) is 0. The normalized spacial score (nSPS) is 10.1. The molecule has 0 bridgehead atoms. The Morgan fingerprint density at radius 1 is 1.43 bits per heavy atom. The van der Waals surface area contributed by atoms with Crippen LogP contribution in [0.2, 0.25) is 0 Å². The fourth-order valence-electron chi connectivity index (χ4n) is 1.67. The molecule has 0 aliphatic rings. The second-order valence-electron chi connectivity index (χ2n) is 3.97. The first-order chi connectivity index (χ1) is 9.99. The van der Waals surface area contributed by atoms with Gasteiger partial charge in [-0.1, -0.05) is 0 Å². The Labute approximate surface area is 117 Å². The molecule has 0 unspecified atom stereocenters. The summed E-state index contributed by atoms with van der Waals surface area (Å²) in [5.41, 5.74) is -0.631. The number of aromatic nitrogens is 1. The first-order valence-electron chi connectivity index (χ1n) is 5.73. The van der Waals surface area contributed by atoms with Crippen molar-refractivity contribution in [1.29, 1.82) is 0 Å². The number of halogens is 1. The summed E-state index contributed by atoms with van der Waals surface area (Å²) in [4.78, 5) is 24.8. The highest BCUT2D eigenvalue weighted by Crippen LogP contribution is 2.23. The number of ether oxygens (including phenoxy) is 1. The van der Waals surface area contributed by atoms with Crippen molar-refractivity contribution in [2.75, 3.05) is 0 Å². The average molecular weight is 292 g/mol. The molecule has 2 rings (SSSR count). The van der Waals surface area contributed by atoms with E-state index in [4.69, 9.17) is 9.84 Å². The van der Waals surface area contributed by atoms with Crippen LogP contribution < -0.4 is 4.74 Å². The molecule has 0 amide bonds. The van der Waals surface area contributed by atoms with Gasteiger partial charge < -0.3 is 9.84 Å². The van der Waals surface area contributed by atoms with E-state index in [9.17, 15) is 19.3 Å². The minimum atomic E-state index is -1.29. The molecule has 0 radical (unpaired) electrons. The predicted octanol–water partition coefficient (Wildman–Crippen LogP) is 2.41. The predicted molar refractivity (Wildman–Crippen MR) is 68.6 cm³/mol. The molecule has 0 aliphatic heterocycles. The lowest BCUT2D eigenvalue weighted by atomic mass is 10.2. The zero-order valence-corrected chi connectivity index (χ0v) is 10.5. The van der Waals surface area contributed by atoms with Crippen LogP contribution in [0.15, 0.2) is 36.5 Å². The van der Waals surface area contributed by atoms with E-state index < -0.39 is 16.7 Å². The summed E-state index contributed by atoms with van der Waals surface area (Å²) in [5, 5.41) is 19.8. The van der Waals surface area contributed by atoms with Crippen molar-refractivity contribution in [3.63, 3.8) is 0 Å². The summed E-state index contributed by atoms with van der Waals surface area (Å²) in [5.74, 6) is -1.99. The van der Waals surface area contributed by atoms with E-state index in [2.05, 4.69) is 4.98 Å². The maximum Gasteiger partial charge on any atom is 0.358 e. The van der Waals surface area contributed by atoms with E-state index in [0.717, 1.165) is 18.2 Å². The molecule has 0 fully saturated rings. The first-order valence-corrected chi connectivity index (χ1v) is 5.73. The fourth-order valence-corrected chi connectivity index (χ4v) is 1.67. The van der Waals surface area contributed by atoms with Crippen LogP contribution in [-0.2, 0) is 6.61 Å². The highest BCUT2D eigenvalue weighted by Gasteiger charge is 2.17. The second kappa shape index (κ2) is 5.95. The third kappa shape index (κ3) is 3.30. The van der Waals surface area contributed by atoms with Gasteiger partial charge in [-0.25, -0.2) is 14.2 Å². The number of nitro benzene ring substituents is 1. The maximum absolute atomic E-state index is 13.2. The number of hydrogen-bond acceptors (Lipinski definition) is 5. The number of carbonyl (C=O) groups is 1. The van der Waals surface area contributed by atoms with Crippen molar-refractivity contribution >= 4 is 11.7 Å². The second-order valence-corrected chi connectivity index (χ2v) is 3.97. The molecule has 7 nitrogen and oxygen atoms in total. The molecule has 2 aromatic rings. The molecule has 0 atom stereocenters. The highest BCUT2D eigenvalue weighted by molar-refractivity contribution is 5.88. The van der Waals surface area contributed by atoms with Gasteiger partial charge in [0.1, 0.15) is 12.4 Å². The third-order valence-corrected chi connectivity index (χ3v) is 2.59. The van der Waals surface area contributed by atoms with Crippen LogP contribution in [0, 0.1) is 15.9 Å². The Hall–Kier alpha value is -3.03. The topological polar surface area (TPSA) is 103 Å². The van der Waals surface area contributed by atoms with Crippen LogP contribution in [0.4, 0.5) is 10.1 Å². The molecule has 0 saturated heterocycles. The number of hydrogen-bond donors (Lipinski definition) is 1. The monoisotopic (exact) mass is 292 g/mol. The van der Waals surface area contributed by atoms with Crippen molar-refractivity contribution in [3.05, 3.63) is 63.7 Å². The van der Waals surface area contributed by atoms with Crippen molar-refractivity contribution in [2.45, 2.75) is 6.61 Å². The number of nitrogens with zero attached hydrogens (tertiary/aromatic N) is 2. The summed E-state index contributed by atoms with van der Waals surface area (Å²) in [6.07, 6.45) is 1.28. The van der Waals surface area contributed by atoms with Gasteiger partial charge in [0.15, 0.2) is 11.4 Å². The number of carboxylic acids is 1. The zero-order chi connectivity index (χ0) is 15.4. The third-order valence-electron chi connectivity index (χ3n) is 2.59. The van der Waals surface area contributed by atoms with E-state index in [-0.39, 0.29) is 29.3 Å². The maximum atomic E-state index is 13.2. The molecular weight excluding hydrogens is 283 g/mol. The Bertz CT molecular complexity index is 705. The van der Waals surface area contributed by atoms with Gasteiger partial charge in [-0.15, -0.1) is 0 Å². The molecule has 0 aliphatic carbocycles. The van der Waals surface area contributed by atoms with Crippen LogP contribution in [0.3, 0.4) is 0 Å². The number of carboxylic acid groups (broad SMARTS) is 1. The van der Waals surface area contributed by atoms with Crippen molar-refractivity contribution in [1.82, 2.24) is 4.98 Å². The Balaban J connectivity index is 2.27. The van der Waals surface area contributed by atoms with Gasteiger partial charge in [0.05, 0.1) is 10.5 Å². The number of pyridine rings is 1. The average Bonchev–Trinajstić information content (AvgIpc) is 2.45. The Morgan fingerprint density at radius 3 is 2.86 bits per heavy atom. The lowest BCUT2D eigenvalue weighted by molar-refractivity contribution is -0.385. The van der Waals surface area contributed by atoms with Crippen LogP contribution >= 0.6 is 0 Å². The smallest absolute Gasteiger partial charge is 0.358 e.